The van der Waals surface area contributed by atoms with Crippen LogP contribution in [0.4, 0.5) is 11.6 Å². The molecule has 1 aromatic carbocycles. The molecular formula is C18H17N5O. The molecule has 0 aliphatic heterocycles. The molecule has 2 aromatic heterocycles. The monoisotopic (exact) mass is 319 g/mol. The van der Waals surface area contributed by atoms with Crippen molar-refractivity contribution in [1.82, 2.24) is 20.3 Å². The van der Waals surface area contributed by atoms with Crippen molar-refractivity contribution in [3.63, 3.8) is 0 Å². The molecule has 3 aromatic rings. The number of amides is 1. The van der Waals surface area contributed by atoms with Gasteiger partial charge in [0.1, 0.15) is 0 Å². The molecule has 6 heteroatoms. The van der Waals surface area contributed by atoms with Crippen molar-refractivity contribution in [2.24, 2.45) is 0 Å². The van der Waals surface area contributed by atoms with E-state index in [1.165, 1.54) is 0 Å². The highest BCUT2D eigenvalue weighted by Gasteiger charge is 2.05. The van der Waals surface area contributed by atoms with Crippen molar-refractivity contribution in [2.45, 2.75) is 6.42 Å². The highest BCUT2D eigenvalue weighted by Crippen LogP contribution is 2.13. The second-order valence-electron chi connectivity index (χ2n) is 5.14. The smallest absolute Gasteiger partial charge is 0.251 e. The zero-order valence-electron chi connectivity index (χ0n) is 13.0. The van der Waals surface area contributed by atoms with E-state index < -0.39 is 0 Å². The summed E-state index contributed by atoms with van der Waals surface area (Å²) in [7, 11) is 0. The summed E-state index contributed by atoms with van der Waals surface area (Å²) >= 11 is 0. The summed E-state index contributed by atoms with van der Waals surface area (Å²) in [5.74, 6) is 0.429. The molecule has 0 atom stereocenters. The predicted molar refractivity (Wildman–Crippen MR) is 92.0 cm³/mol. The van der Waals surface area contributed by atoms with Gasteiger partial charge in [-0.1, -0.05) is 0 Å². The van der Waals surface area contributed by atoms with Crippen LogP contribution in [0.5, 0.6) is 0 Å². The molecule has 0 spiro atoms. The zero-order valence-corrected chi connectivity index (χ0v) is 13.0. The van der Waals surface area contributed by atoms with E-state index in [-0.39, 0.29) is 5.91 Å². The fourth-order valence-corrected chi connectivity index (χ4v) is 2.17. The summed E-state index contributed by atoms with van der Waals surface area (Å²) in [6.07, 6.45) is 7.61. The van der Waals surface area contributed by atoms with Gasteiger partial charge in [0.2, 0.25) is 5.95 Å². The Bertz CT molecular complexity index is 776. The van der Waals surface area contributed by atoms with E-state index in [9.17, 15) is 4.79 Å². The number of nitrogens with zero attached hydrogens (tertiary/aromatic N) is 3. The number of carbonyl (C=O) groups excluding carboxylic acids is 1. The minimum absolute atomic E-state index is 0.0911. The number of carbonyl (C=O) groups is 1. The van der Waals surface area contributed by atoms with E-state index in [0.717, 1.165) is 17.7 Å². The Kier molecular flexibility index (Phi) is 5.09. The quantitative estimate of drug-likeness (QED) is 0.730. The SMILES string of the molecule is O=C(NCCc1ccncc1)c1ccc(Nc2ncccn2)cc1. The molecule has 120 valence electrons. The van der Waals surface area contributed by atoms with Gasteiger partial charge in [0.15, 0.2) is 0 Å². The lowest BCUT2D eigenvalue weighted by atomic mass is 10.1. The van der Waals surface area contributed by atoms with Gasteiger partial charge in [0, 0.05) is 42.6 Å². The van der Waals surface area contributed by atoms with Crippen LogP contribution in [0.2, 0.25) is 0 Å². The van der Waals surface area contributed by atoms with Crippen molar-refractivity contribution in [3.05, 3.63) is 78.4 Å². The van der Waals surface area contributed by atoms with Gasteiger partial charge in [-0.15, -0.1) is 0 Å². The van der Waals surface area contributed by atoms with Gasteiger partial charge in [-0.25, -0.2) is 9.97 Å². The van der Waals surface area contributed by atoms with Crippen LogP contribution in [-0.2, 0) is 6.42 Å². The summed E-state index contributed by atoms with van der Waals surface area (Å²) < 4.78 is 0. The molecule has 0 bridgehead atoms. The molecule has 0 aliphatic carbocycles. The van der Waals surface area contributed by atoms with Crippen LogP contribution in [0.1, 0.15) is 15.9 Å². The minimum Gasteiger partial charge on any atom is -0.352 e. The van der Waals surface area contributed by atoms with Gasteiger partial charge in [0.25, 0.3) is 5.91 Å². The number of pyridine rings is 1. The molecule has 24 heavy (non-hydrogen) atoms. The van der Waals surface area contributed by atoms with Gasteiger partial charge in [-0.05, 0) is 54.4 Å². The van der Waals surface area contributed by atoms with E-state index in [2.05, 4.69) is 25.6 Å². The fraction of sp³-hybridized carbons (Fsp3) is 0.111. The third kappa shape index (κ3) is 4.36. The average molecular weight is 319 g/mol. The van der Waals surface area contributed by atoms with E-state index in [0.29, 0.717) is 18.1 Å². The highest BCUT2D eigenvalue weighted by molar-refractivity contribution is 5.94. The van der Waals surface area contributed by atoms with E-state index in [1.54, 1.807) is 43.0 Å². The molecule has 1 amide bonds. The maximum atomic E-state index is 12.1. The molecule has 0 saturated heterocycles. The third-order valence-electron chi connectivity index (χ3n) is 3.42. The van der Waals surface area contributed by atoms with Crippen molar-refractivity contribution in [2.75, 3.05) is 11.9 Å². The third-order valence-corrected chi connectivity index (χ3v) is 3.42. The van der Waals surface area contributed by atoms with E-state index in [1.807, 2.05) is 24.3 Å². The van der Waals surface area contributed by atoms with E-state index >= 15 is 0 Å². The predicted octanol–water partition coefficient (Wildman–Crippen LogP) is 2.59. The topological polar surface area (TPSA) is 79.8 Å². The maximum Gasteiger partial charge on any atom is 0.251 e. The summed E-state index contributed by atoms with van der Waals surface area (Å²) in [6, 6.07) is 12.8. The van der Waals surface area contributed by atoms with Gasteiger partial charge in [0.05, 0.1) is 0 Å². The van der Waals surface area contributed by atoms with Gasteiger partial charge in [-0.3, -0.25) is 9.78 Å². The first kappa shape index (κ1) is 15.6. The molecule has 0 unspecified atom stereocenters. The molecule has 2 heterocycles. The summed E-state index contributed by atoms with van der Waals surface area (Å²) in [5, 5.41) is 5.99. The standard InChI is InChI=1S/C18H17N5O/c24-17(20-13-8-14-6-11-19-12-7-14)15-2-4-16(5-3-15)23-18-21-9-1-10-22-18/h1-7,9-12H,8,13H2,(H,20,24)(H,21,22,23). The number of nitrogens with one attached hydrogen (secondary N) is 2. The Morgan fingerprint density at radius 3 is 2.33 bits per heavy atom. The van der Waals surface area contributed by atoms with Crippen molar-refractivity contribution in [3.8, 4) is 0 Å². The van der Waals surface area contributed by atoms with Crippen molar-refractivity contribution < 1.29 is 4.79 Å². The fourth-order valence-electron chi connectivity index (χ4n) is 2.17. The lowest BCUT2D eigenvalue weighted by Crippen LogP contribution is -2.25. The van der Waals surface area contributed by atoms with Crippen molar-refractivity contribution >= 4 is 17.5 Å². The molecule has 6 nitrogen and oxygen atoms in total. The molecular weight excluding hydrogens is 302 g/mol. The zero-order chi connectivity index (χ0) is 16.6. The summed E-state index contributed by atoms with van der Waals surface area (Å²) in [6.45, 7) is 0.584. The van der Waals surface area contributed by atoms with Crippen LogP contribution in [0, 0.1) is 0 Å². The second kappa shape index (κ2) is 7.82. The normalized spacial score (nSPS) is 10.2. The van der Waals surface area contributed by atoms with Crippen LogP contribution < -0.4 is 10.6 Å². The van der Waals surface area contributed by atoms with E-state index in [4.69, 9.17) is 0 Å². The minimum atomic E-state index is -0.0911. The first-order valence-corrected chi connectivity index (χ1v) is 7.62. The van der Waals surface area contributed by atoms with Crippen LogP contribution >= 0.6 is 0 Å². The lowest BCUT2D eigenvalue weighted by Gasteiger charge is -2.07. The van der Waals surface area contributed by atoms with Crippen LogP contribution in [0.25, 0.3) is 0 Å². The maximum absolute atomic E-state index is 12.1. The Morgan fingerprint density at radius 2 is 1.62 bits per heavy atom. The largest absolute Gasteiger partial charge is 0.352 e. The van der Waals surface area contributed by atoms with Gasteiger partial charge < -0.3 is 10.6 Å². The molecule has 0 radical (unpaired) electrons. The summed E-state index contributed by atoms with van der Waals surface area (Å²) in [4.78, 5) is 24.3. The van der Waals surface area contributed by atoms with Crippen LogP contribution in [0.15, 0.2) is 67.3 Å². The van der Waals surface area contributed by atoms with Crippen LogP contribution in [-0.4, -0.2) is 27.4 Å². The van der Waals surface area contributed by atoms with Gasteiger partial charge >= 0.3 is 0 Å². The summed E-state index contributed by atoms with van der Waals surface area (Å²) in [5.41, 5.74) is 2.59. The second-order valence-corrected chi connectivity index (χ2v) is 5.14. The van der Waals surface area contributed by atoms with Crippen molar-refractivity contribution in [1.29, 1.82) is 0 Å². The molecule has 0 saturated carbocycles. The molecule has 3 rings (SSSR count). The molecule has 2 N–H and O–H groups in total. The number of benzene rings is 1. The molecule has 0 aliphatic rings. The Labute approximate surface area is 140 Å². The number of hydrogen-bond donors (Lipinski definition) is 2. The Morgan fingerprint density at radius 1 is 0.917 bits per heavy atom. The number of anilines is 2. The highest BCUT2D eigenvalue weighted by atomic mass is 16.1. The first-order chi connectivity index (χ1) is 11.8. The number of rotatable bonds is 6. The Balaban J connectivity index is 1.52. The lowest BCUT2D eigenvalue weighted by molar-refractivity contribution is 0.0954. The number of aromatic nitrogens is 3. The molecule has 0 fully saturated rings. The van der Waals surface area contributed by atoms with Crippen LogP contribution in [0.3, 0.4) is 0 Å². The Hall–Kier alpha value is -3.28. The van der Waals surface area contributed by atoms with Gasteiger partial charge in [-0.2, -0.15) is 0 Å². The number of hydrogen-bond acceptors (Lipinski definition) is 5. The average Bonchev–Trinajstić information content (AvgIpc) is 2.64. The first-order valence-electron chi connectivity index (χ1n) is 7.62.